The van der Waals surface area contributed by atoms with Crippen LogP contribution in [0.1, 0.15) is 64.6 Å². The second kappa shape index (κ2) is 8.93. The van der Waals surface area contributed by atoms with Crippen LogP contribution in [0.25, 0.3) is 0 Å². The van der Waals surface area contributed by atoms with Crippen molar-refractivity contribution < 1.29 is 4.79 Å². The highest BCUT2D eigenvalue weighted by molar-refractivity contribution is 5.80. The van der Waals surface area contributed by atoms with Crippen molar-refractivity contribution in [1.29, 1.82) is 0 Å². The van der Waals surface area contributed by atoms with Gasteiger partial charge in [-0.1, -0.05) is 58.9 Å². The van der Waals surface area contributed by atoms with Crippen molar-refractivity contribution >= 4 is 11.9 Å². The number of anilines is 1. The lowest BCUT2D eigenvalue weighted by atomic mass is 9.85. The van der Waals surface area contributed by atoms with Crippen molar-refractivity contribution in [2.24, 2.45) is 11.8 Å². The average Bonchev–Trinajstić information content (AvgIpc) is 2.72. The van der Waals surface area contributed by atoms with E-state index in [4.69, 9.17) is 0 Å². The lowest BCUT2D eigenvalue weighted by Crippen LogP contribution is -2.45. The van der Waals surface area contributed by atoms with Crippen molar-refractivity contribution in [3.8, 4) is 0 Å². The van der Waals surface area contributed by atoms with Gasteiger partial charge in [0.05, 0.1) is 12.0 Å². The van der Waals surface area contributed by atoms with Gasteiger partial charge in [0.15, 0.2) is 0 Å². The van der Waals surface area contributed by atoms with Crippen LogP contribution in [-0.4, -0.2) is 29.0 Å². The highest BCUT2D eigenvalue weighted by Crippen LogP contribution is 2.28. The number of rotatable bonds is 5. The first-order valence-electron chi connectivity index (χ1n) is 10.7. The molecule has 5 nitrogen and oxygen atoms in total. The number of amides is 1. The Balaban J connectivity index is 1.69. The Hall–Kier alpha value is -2.43. The zero-order valence-corrected chi connectivity index (χ0v) is 18.4. The number of hydrogen-bond acceptors (Lipinski definition) is 4. The van der Waals surface area contributed by atoms with Gasteiger partial charge in [0.2, 0.25) is 11.9 Å². The fraction of sp³-hybridized carbons (Fsp3) is 0.542. The minimum atomic E-state index is -0.0392. The van der Waals surface area contributed by atoms with Crippen LogP contribution in [0.5, 0.6) is 0 Å². The van der Waals surface area contributed by atoms with E-state index in [1.807, 2.05) is 6.07 Å². The Morgan fingerprint density at radius 1 is 1.14 bits per heavy atom. The minimum absolute atomic E-state index is 0.0138. The smallest absolute Gasteiger partial charge is 0.225 e. The first-order valence-corrected chi connectivity index (χ1v) is 10.7. The Kier molecular flexibility index (Phi) is 6.56. The average molecular weight is 395 g/mol. The van der Waals surface area contributed by atoms with Gasteiger partial charge >= 0.3 is 0 Å². The van der Waals surface area contributed by atoms with E-state index in [0.29, 0.717) is 18.4 Å². The predicted molar refractivity (Wildman–Crippen MR) is 118 cm³/mol. The molecule has 1 N–H and O–H groups in total. The van der Waals surface area contributed by atoms with Gasteiger partial charge in [-0.2, -0.15) is 0 Å². The first kappa shape index (κ1) is 21.3. The molecule has 0 bridgehead atoms. The Bertz CT molecular complexity index is 796. The number of carbonyl (C=O) groups is 1. The van der Waals surface area contributed by atoms with E-state index in [0.717, 1.165) is 19.4 Å². The third-order valence-corrected chi connectivity index (χ3v) is 5.73. The van der Waals surface area contributed by atoms with Crippen molar-refractivity contribution in [3.63, 3.8) is 0 Å². The number of nitrogens with zero attached hydrogens (tertiary/aromatic N) is 3. The third-order valence-electron chi connectivity index (χ3n) is 5.73. The topological polar surface area (TPSA) is 58.1 Å². The molecule has 0 saturated carbocycles. The molecule has 29 heavy (non-hydrogen) atoms. The number of aromatic nitrogens is 2. The minimum Gasteiger partial charge on any atom is -0.349 e. The molecule has 1 fully saturated rings. The molecule has 3 rings (SSSR count). The standard InChI is InChI=1S/C24H34N4O/c1-17(2)21(18-9-11-20(12-10-18)24(3,4)5)27-22(29)19-8-6-15-28(16-19)23-25-13-7-14-26-23/h7,9-14,17,19,21H,6,8,15-16H2,1-5H3,(H,27,29). The molecule has 5 heteroatoms. The molecular formula is C24H34N4O. The first-order chi connectivity index (χ1) is 13.8. The fourth-order valence-corrected chi connectivity index (χ4v) is 3.92. The highest BCUT2D eigenvalue weighted by Gasteiger charge is 2.29. The van der Waals surface area contributed by atoms with Crippen LogP contribution in [-0.2, 0) is 10.2 Å². The van der Waals surface area contributed by atoms with E-state index in [1.165, 1.54) is 11.1 Å². The summed E-state index contributed by atoms with van der Waals surface area (Å²) in [5.74, 6) is 1.12. The molecular weight excluding hydrogens is 360 g/mol. The number of hydrogen-bond donors (Lipinski definition) is 1. The van der Waals surface area contributed by atoms with Gasteiger partial charge < -0.3 is 10.2 Å². The Morgan fingerprint density at radius 3 is 2.38 bits per heavy atom. The van der Waals surface area contributed by atoms with Crippen LogP contribution in [0, 0.1) is 11.8 Å². The molecule has 1 aliphatic rings. The van der Waals surface area contributed by atoms with Crippen molar-refractivity contribution in [2.75, 3.05) is 18.0 Å². The number of benzene rings is 1. The van der Waals surface area contributed by atoms with Gasteiger partial charge in [-0.15, -0.1) is 0 Å². The van der Waals surface area contributed by atoms with Crippen LogP contribution in [0.2, 0.25) is 0 Å². The van der Waals surface area contributed by atoms with Gasteiger partial charge in [0, 0.05) is 25.5 Å². The quantitative estimate of drug-likeness (QED) is 0.811. The van der Waals surface area contributed by atoms with E-state index < -0.39 is 0 Å². The monoisotopic (exact) mass is 394 g/mol. The molecule has 2 aromatic rings. The molecule has 0 spiro atoms. The van der Waals surface area contributed by atoms with Crippen LogP contribution < -0.4 is 10.2 Å². The van der Waals surface area contributed by atoms with E-state index in [2.05, 4.69) is 79.1 Å². The zero-order valence-electron chi connectivity index (χ0n) is 18.4. The third kappa shape index (κ3) is 5.34. The van der Waals surface area contributed by atoms with E-state index in [1.54, 1.807) is 12.4 Å². The van der Waals surface area contributed by atoms with Crippen molar-refractivity contribution in [3.05, 3.63) is 53.9 Å². The molecule has 1 amide bonds. The molecule has 1 aliphatic heterocycles. The maximum absolute atomic E-state index is 13.1. The molecule has 0 radical (unpaired) electrons. The molecule has 2 heterocycles. The molecule has 2 unspecified atom stereocenters. The van der Waals surface area contributed by atoms with Gasteiger partial charge in [-0.25, -0.2) is 9.97 Å². The van der Waals surface area contributed by atoms with Gasteiger partial charge in [0.1, 0.15) is 0 Å². The van der Waals surface area contributed by atoms with Crippen molar-refractivity contribution in [2.45, 2.75) is 58.9 Å². The number of piperidine rings is 1. The van der Waals surface area contributed by atoms with Gasteiger partial charge in [0.25, 0.3) is 0 Å². The van der Waals surface area contributed by atoms with E-state index in [9.17, 15) is 4.79 Å². The summed E-state index contributed by atoms with van der Waals surface area (Å²) < 4.78 is 0. The molecule has 1 saturated heterocycles. The molecule has 1 aromatic carbocycles. The van der Waals surface area contributed by atoms with Gasteiger partial charge in [-0.05, 0) is 41.4 Å². The summed E-state index contributed by atoms with van der Waals surface area (Å²) in [7, 11) is 0. The molecule has 0 aliphatic carbocycles. The zero-order chi connectivity index (χ0) is 21.0. The van der Waals surface area contributed by atoms with E-state index in [-0.39, 0.29) is 23.3 Å². The largest absolute Gasteiger partial charge is 0.349 e. The summed E-state index contributed by atoms with van der Waals surface area (Å²) >= 11 is 0. The highest BCUT2D eigenvalue weighted by atomic mass is 16.2. The maximum atomic E-state index is 13.1. The van der Waals surface area contributed by atoms with Gasteiger partial charge in [-0.3, -0.25) is 4.79 Å². The summed E-state index contributed by atoms with van der Waals surface area (Å²) in [4.78, 5) is 23.9. The second-order valence-electron chi connectivity index (χ2n) is 9.44. The Morgan fingerprint density at radius 2 is 1.79 bits per heavy atom. The lowest BCUT2D eigenvalue weighted by Gasteiger charge is -2.33. The van der Waals surface area contributed by atoms with E-state index >= 15 is 0 Å². The second-order valence-corrected chi connectivity index (χ2v) is 9.44. The molecule has 2 atom stereocenters. The molecule has 156 valence electrons. The summed E-state index contributed by atoms with van der Waals surface area (Å²) in [6, 6.07) is 10.5. The summed E-state index contributed by atoms with van der Waals surface area (Å²) in [6.45, 7) is 12.5. The Labute approximate surface area is 175 Å². The predicted octanol–water partition coefficient (Wildman–Crippen LogP) is 4.50. The van der Waals surface area contributed by atoms with Crippen molar-refractivity contribution in [1.82, 2.24) is 15.3 Å². The van der Waals surface area contributed by atoms with Crippen LogP contribution >= 0.6 is 0 Å². The maximum Gasteiger partial charge on any atom is 0.225 e. The summed E-state index contributed by atoms with van der Waals surface area (Å²) in [6.07, 6.45) is 5.38. The van der Waals surface area contributed by atoms with Crippen LogP contribution in [0.15, 0.2) is 42.7 Å². The van der Waals surface area contributed by atoms with Crippen LogP contribution in [0.3, 0.4) is 0 Å². The normalized spacial score (nSPS) is 18.6. The SMILES string of the molecule is CC(C)C(NC(=O)C1CCCN(c2ncccn2)C1)c1ccc(C(C)(C)C)cc1. The molecule has 1 aromatic heterocycles. The van der Waals surface area contributed by atoms with Crippen LogP contribution in [0.4, 0.5) is 5.95 Å². The lowest BCUT2D eigenvalue weighted by molar-refractivity contribution is -0.126. The summed E-state index contributed by atoms with van der Waals surface area (Å²) in [5, 5.41) is 3.33. The number of nitrogens with one attached hydrogen (secondary N) is 1. The summed E-state index contributed by atoms with van der Waals surface area (Å²) in [5.41, 5.74) is 2.60. The number of carbonyl (C=O) groups excluding carboxylic acids is 1. The fourth-order valence-electron chi connectivity index (χ4n) is 3.92.